The van der Waals surface area contributed by atoms with Gasteiger partial charge in [0, 0.05) is 23.9 Å². The Morgan fingerprint density at radius 2 is 1.47 bits per heavy atom. The van der Waals surface area contributed by atoms with Gasteiger partial charge in [-0.25, -0.2) is 5.48 Å². The van der Waals surface area contributed by atoms with E-state index in [1.54, 1.807) is 29.7 Å². The van der Waals surface area contributed by atoms with Gasteiger partial charge in [0.05, 0.1) is 5.41 Å². The van der Waals surface area contributed by atoms with Crippen LogP contribution in [0.3, 0.4) is 0 Å². The van der Waals surface area contributed by atoms with Crippen molar-refractivity contribution >= 4 is 29.1 Å². The molecule has 1 aliphatic rings. The first-order valence-electron chi connectivity index (χ1n) is 11.3. The van der Waals surface area contributed by atoms with E-state index in [1.165, 1.54) is 6.92 Å². The van der Waals surface area contributed by atoms with Crippen LogP contribution >= 0.6 is 0 Å². The lowest BCUT2D eigenvalue weighted by atomic mass is 9.77. The van der Waals surface area contributed by atoms with Gasteiger partial charge in [0.2, 0.25) is 11.8 Å². The van der Waals surface area contributed by atoms with Crippen molar-refractivity contribution in [1.82, 2.24) is 5.48 Å². The van der Waals surface area contributed by atoms with E-state index >= 15 is 0 Å². The molecule has 1 fully saturated rings. The maximum absolute atomic E-state index is 13.4. The minimum absolute atomic E-state index is 0.0650. The van der Waals surface area contributed by atoms with E-state index in [-0.39, 0.29) is 11.8 Å². The second-order valence-electron chi connectivity index (χ2n) is 8.60. The summed E-state index contributed by atoms with van der Waals surface area (Å²) in [6.07, 6.45) is 3.48. The zero-order valence-corrected chi connectivity index (χ0v) is 18.9. The minimum atomic E-state index is -0.613. The number of carbonyl (C=O) groups excluding carboxylic acids is 3. The lowest BCUT2D eigenvalue weighted by Crippen LogP contribution is -2.38. The fourth-order valence-electron chi connectivity index (χ4n) is 4.61. The molecule has 0 radical (unpaired) electrons. The molecule has 7 heteroatoms. The van der Waals surface area contributed by atoms with E-state index in [0.717, 1.165) is 48.1 Å². The Labute approximate surface area is 198 Å². The maximum atomic E-state index is 13.4. The minimum Gasteiger partial charge on any atom is -0.326 e. The molecule has 0 unspecified atom stereocenters. The van der Waals surface area contributed by atoms with Crippen LogP contribution in [0.2, 0.25) is 0 Å². The van der Waals surface area contributed by atoms with Crippen molar-refractivity contribution in [2.24, 2.45) is 0 Å². The summed E-state index contributed by atoms with van der Waals surface area (Å²) < 4.78 is 0. The predicted octanol–water partition coefficient (Wildman–Crippen LogP) is 4.88. The molecule has 0 bridgehead atoms. The lowest BCUT2D eigenvalue weighted by Gasteiger charge is -2.28. The van der Waals surface area contributed by atoms with Crippen molar-refractivity contribution in [2.45, 2.75) is 38.0 Å². The van der Waals surface area contributed by atoms with E-state index in [9.17, 15) is 14.4 Å². The molecule has 0 aliphatic heterocycles. The van der Waals surface area contributed by atoms with Crippen molar-refractivity contribution in [3.63, 3.8) is 0 Å². The summed E-state index contributed by atoms with van der Waals surface area (Å²) in [5, 5.41) is 14.6. The Morgan fingerprint density at radius 1 is 0.794 bits per heavy atom. The Kier molecular flexibility index (Phi) is 6.75. The van der Waals surface area contributed by atoms with Crippen molar-refractivity contribution < 1.29 is 19.6 Å². The summed E-state index contributed by atoms with van der Waals surface area (Å²) >= 11 is 0. The molecule has 0 aromatic heterocycles. The Hall–Kier alpha value is -3.97. The summed E-state index contributed by atoms with van der Waals surface area (Å²) in [5.41, 5.74) is 5.57. The number of benzene rings is 3. The summed E-state index contributed by atoms with van der Waals surface area (Å²) in [6, 6.07) is 22.1. The standard InChI is InChI=1S/C27H27N3O4/c1-18(31)28-24-6-4-5-21(17-24)19-7-11-22(12-8-19)27(15-2-3-16-27)26(33)29-23-13-9-20(10-14-23)25(32)30-34/h4-14,17,34H,2-3,15-16H2,1H3,(H,28,31)(H,29,33)(H,30,32). The highest BCUT2D eigenvalue weighted by Gasteiger charge is 2.42. The number of hydrogen-bond donors (Lipinski definition) is 4. The quantitative estimate of drug-likeness (QED) is 0.312. The van der Waals surface area contributed by atoms with E-state index in [2.05, 4.69) is 10.6 Å². The van der Waals surface area contributed by atoms with Gasteiger partial charge in [-0.2, -0.15) is 0 Å². The summed E-state index contributed by atoms with van der Waals surface area (Å²) in [7, 11) is 0. The van der Waals surface area contributed by atoms with Gasteiger partial charge >= 0.3 is 0 Å². The molecule has 3 aromatic carbocycles. The molecule has 1 saturated carbocycles. The van der Waals surface area contributed by atoms with Crippen molar-refractivity contribution in [3.05, 3.63) is 83.9 Å². The Bertz CT molecular complexity index is 1200. The van der Waals surface area contributed by atoms with Gasteiger partial charge in [0.15, 0.2) is 0 Å². The SMILES string of the molecule is CC(=O)Nc1cccc(-c2ccc(C3(C(=O)Nc4ccc(C(=O)NO)cc4)CCCC3)cc2)c1. The summed E-state index contributed by atoms with van der Waals surface area (Å²) in [5.74, 6) is -0.786. The number of anilines is 2. The molecule has 4 N–H and O–H groups in total. The average molecular weight is 458 g/mol. The summed E-state index contributed by atoms with van der Waals surface area (Å²) in [4.78, 5) is 36.3. The number of hydrogen-bond acceptors (Lipinski definition) is 4. The van der Waals surface area contributed by atoms with Crippen LogP contribution in [0.5, 0.6) is 0 Å². The van der Waals surface area contributed by atoms with Gasteiger partial charge in [-0.3, -0.25) is 19.6 Å². The number of rotatable bonds is 6. The van der Waals surface area contributed by atoms with Crippen LogP contribution in [0.4, 0.5) is 11.4 Å². The first-order valence-corrected chi connectivity index (χ1v) is 11.3. The van der Waals surface area contributed by atoms with Gasteiger partial charge in [-0.1, -0.05) is 49.2 Å². The fourth-order valence-corrected chi connectivity index (χ4v) is 4.61. The fraction of sp³-hybridized carbons (Fsp3) is 0.222. The molecular formula is C27H27N3O4. The zero-order chi connectivity index (χ0) is 24.1. The van der Waals surface area contributed by atoms with Crippen molar-refractivity contribution in [3.8, 4) is 11.1 Å². The molecule has 4 rings (SSSR count). The topological polar surface area (TPSA) is 108 Å². The third-order valence-corrected chi connectivity index (χ3v) is 6.35. The van der Waals surface area contributed by atoms with Crippen LogP contribution in [0, 0.1) is 0 Å². The monoisotopic (exact) mass is 457 g/mol. The summed E-state index contributed by atoms with van der Waals surface area (Å²) in [6.45, 7) is 1.48. The number of carbonyl (C=O) groups is 3. The molecule has 0 saturated heterocycles. The largest absolute Gasteiger partial charge is 0.326 e. The second kappa shape index (κ2) is 9.89. The van der Waals surface area contributed by atoms with Gasteiger partial charge in [0.25, 0.3) is 5.91 Å². The van der Waals surface area contributed by atoms with Crippen LogP contribution in [0.1, 0.15) is 48.5 Å². The number of nitrogens with one attached hydrogen (secondary N) is 3. The average Bonchev–Trinajstić information content (AvgIpc) is 3.35. The van der Waals surface area contributed by atoms with Crippen LogP contribution in [0.15, 0.2) is 72.8 Å². The van der Waals surface area contributed by atoms with Crippen molar-refractivity contribution in [2.75, 3.05) is 10.6 Å². The second-order valence-corrected chi connectivity index (χ2v) is 8.60. The molecule has 0 heterocycles. The molecular weight excluding hydrogens is 430 g/mol. The first-order chi connectivity index (χ1) is 16.4. The molecule has 3 aromatic rings. The molecule has 7 nitrogen and oxygen atoms in total. The highest BCUT2D eigenvalue weighted by molar-refractivity contribution is 6.00. The number of amides is 3. The Balaban J connectivity index is 1.55. The van der Waals surface area contributed by atoms with Gasteiger partial charge in [-0.15, -0.1) is 0 Å². The van der Waals surface area contributed by atoms with Crippen LogP contribution in [0.25, 0.3) is 11.1 Å². The molecule has 174 valence electrons. The Morgan fingerprint density at radius 3 is 2.09 bits per heavy atom. The van der Waals surface area contributed by atoms with Crippen LogP contribution < -0.4 is 16.1 Å². The molecule has 3 amide bonds. The highest BCUT2D eigenvalue weighted by atomic mass is 16.5. The molecule has 0 atom stereocenters. The predicted molar refractivity (Wildman–Crippen MR) is 131 cm³/mol. The number of hydroxylamine groups is 1. The highest BCUT2D eigenvalue weighted by Crippen LogP contribution is 2.42. The molecule has 0 spiro atoms. The van der Waals surface area contributed by atoms with Gasteiger partial charge in [-0.05, 0) is 65.9 Å². The van der Waals surface area contributed by atoms with Crippen LogP contribution in [-0.2, 0) is 15.0 Å². The van der Waals surface area contributed by atoms with Crippen LogP contribution in [-0.4, -0.2) is 22.9 Å². The van der Waals surface area contributed by atoms with Crippen molar-refractivity contribution in [1.29, 1.82) is 0 Å². The van der Waals surface area contributed by atoms with E-state index in [1.807, 2.05) is 48.5 Å². The van der Waals surface area contributed by atoms with E-state index in [0.29, 0.717) is 11.3 Å². The molecule has 1 aliphatic carbocycles. The van der Waals surface area contributed by atoms with E-state index < -0.39 is 11.3 Å². The third-order valence-electron chi connectivity index (χ3n) is 6.35. The normalized spacial score (nSPS) is 14.3. The van der Waals surface area contributed by atoms with Gasteiger partial charge in [0.1, 0.15) is 0 Å². The lowest BCUT2D eigenvalue weighted by molar-refractivity contribution is -0.121. The first kappa shape index (κ1) is 23.2. The third kappa shape index (κ3) is 4.84. The maximum Gasteiger partial charge on any atom is 0.274 e. The smallest absolute Gasteiger partial charge is 0.274 e. The van der Waals surface area contributed by atoms with E-state index in [4.69, 9.17) is 5.21 Å². The molecule has 34 heavy (non-hydrogen) atoms. The van der Waals surface area contributed by atoms with Gasteiger partial charge < -0.3 is 10.6 Å². The zero-order valence-electron chi connectivity index (χ0n) is 18.9.